The van der Waals surface area contributed by atoms with E-state index in [-0.39, 0.29) is 11.2 Å². The SMILES string of the molecule is COc1ccc(S[C@H](C)C(=O)NCc2ccccc2C)cc1OC. The molecular formula is C19H23NO3S. The van der Waals surface area contributed by atoms with Gasteiger partial charge in [-0.1, -0.05) is 24.3 Å². The molecule has 1 N–H and O–H groups in total. The zero-order valence-corrected chi connectivity index (χ0v) is 15.3. The van der Waals surface area contributed by atoms with Crippen molar-refractivity contribution in [1.82, 2.24) is 5.32 Å². The Balaban J connectivity index is 1.95. The first-order chi connectivity index (χ1) is 11.5. The van der Waals surface area contributed by atoms with Crippen LogP contribution >= 0.6 is 11.8 Å². The Hall–Kier alpha value is -2.14. The monoisotopic (exact) mass is 345 g/mol. The minimum atomic E-state index is -0.202. The van der Waals surface area contributed by atoms with E-state index in [4.69, 9.17) is 9.47 Å². The highest BCUT2D eigenvalue weighted by Gasteiger charge is 2.15. The van der Waals surface area contributed by atoms with Crippen LogP contribution in [0.3, 0.4) is 0 Å². The first-order valence-corrected chi connectivity index (χ1v) is 8.64. The smallest absolute Gasteiger partial charge is 0.233 e. The maximum Gasteiger partial charge on any atom is 0.233 e. The fourth-order valence-electron chi connectivity index (χ4n) is 2.28. The van der Waals surface area contributed by atoms with Crippen molar-refractivity contribution < 1.29 is 14.3 Å². The largest absolute Gasteiger partial charge is 0.493 e. The molecule has 1 amide bonds. The summed E-state index contributed by atoms with van der Waals surface area (Å²) in [6.07, 6.45) is 0. The van der Waals surface area contributed by atoms with E-state index in [1.54, 1.807) is 14.2 Å². The topological polar surface area (TPSA) is 47.6 Å². The normalized spacial score (nSPS) is 11.7. The zero-order valence-electron chi connectivity index (χ0n) is 14.5. The van der Waals surface area contributed by atoms with Crippen LogP contribution in [0.1, 0.15) is 18.1 Å². The van der Waals surface area contributed by atoms with Crippen LogP contribution in [0.15, 0.2) is 47.4 Å². The minimum absolute atomic E-state index is 0.0121. The molecule has 0 fully saturated rings. The summed E-state index contributed by atoms with van der Waals surface area (Å²) in [6, 6.07) is 13.7. The fraction of sp³-hybridized carbons (Fsp3) is 0.316. The summed E-state index contributed by atoms with van der Waals surface area (Å²) in [6.45, 7) is 4.49. The molecule has 1 atom stereocenters. The van der Waals surface area contributed by atoms with E-state index < -0.39 is 0 Å². The molecule has 2 aromatic rings. The number of amides is 1. The van der Waals surface area contributed by atoms with Gasteiger partial charge in [0, 0.05) is 11.4 Å². The zero-order chi connectivity index (χ0) is 17.5. The molecule has 0 aromatic heterocycles. The molecule has 0 heterocycles. The molecule has 0 saturated heterocycles. The Morgan fingerprint density at radius 3 is 2.50 bits per heavy atom. The van der Waals surface area contributed by atoms with Gasteiger partial charge < -0.3 is 14.8 Å². The van der Waals surface area contributed by atoms with E-state index in [0.717, 1.165) is 10.5 Å². The van der Waals surface area contributed by atoms with E-state index in [9.17, 15) is 4.79 Å². The first-order valence-electron chi connectivity index (χ1n) is 7.76. The second-order valence-electron chi connectivity index (χ2n) is 5.42. The van der Waals surface area contributed by atoms with E-state index in [0.29, 0.717) is 18.0 Å². The van der Waals surface area contributed by atoms with Crippen LogP contribution in [0.2, 0.25) is 0 Å². The van der Waals surface area contributed by atoms with Crippen molar-refractivity contribution in [2.75, 3.05) is 14.2 Å². The predicted octanol–water partition coefficient (Wildman–Crippen LogP) is 3.81. The Bertz CT molecular complexity index is 703. The summed E-state index contributed by atoms with van der Waals surface area (Å²) in [5.74, 6) is 1.35. The van der Waals surface area contributed by atoms with Crippen molar-refractivity contribution in [3.05, 3.63) is 53.6 Å². The average molecular weight is 345 g/mol. The van der Waals surface area contributed by atoms with Crippen molar-refractivity contribution >= 4 is 17.7 Å². The van der Waals surface area contributed by atoms with Crippen molar-refractivity contribution in [2.24, 2.45) is 0 Å². The first kappa shape index (κ1) is 18.2. The van der Waals surface area contributed by atoms with Crippen molar-refractivity contribution in [2.45, 2.75) is 30.5 Å². The third-order valence-electron chi connectivity index (χ3n) is 3.75. The van der Waals surface area contributed by atoms with Crippen molar-refractivity contribution in [3.63, 3.8) is 0 Å². The van der Waals surface area contributed by atoms with Gasteiger partial charge in [0.2, 0.25) is 5.91 Å². The lowest BCUT2D eigenvalue weighted by Crippen LogP contribution is -2.30. The number of rotatable bonds is 7. The highest BCUT2D eigenvalue weighted by molar-refractivity contribution is 8.00. The Labute approximate surface area is 147 Å². The molecule has 0 bridgehead atoms. The van der Waals surface area contributed by atoms with Gasteiger partial charge in [-0.2, -0.15) is 0 Å². The number of hydrogen-bond donors (Lipinski definition) is 1. The molecule has 2 aromatic carbocycles. The number of thioether (sulfide) groups is 1. The summed E-state index contributed by atoms with van der Waals surface area (Å²) in [5.41, 5.74) is 2.31. The van der Waals surface area contributed by atoms with Gasteiger partial charge in [0.05, 0.1) is 19.5 Å². The van der Waals surface area contributed by atoms with Gasteiger partial charge in [0.15, 0.2) is 11.5 Å². The fourth-order valence-corrected chi connectivity index (χ4v) is 3.20. The number of hydrogen-bond acceptors (Lipinski definition) is 4. The number of aryl methyl sites for hydroxylation is 1. The quantitative estimate of drug-likeness (QED) is 0.775. The number of carbonyl (C=O) groups excluding carboxylic acids is 1. The number of ether oxygens (including phenoxy) is 2. The summed E-state index contributed by atoms with van der Waals surface area (Å²) >= 11 is 1.49. The number of methoxy groups -OCH3 is 2. The molecule has 0 aliphatic heterocycles. The molecule has 128 valence electrons. The number of carbonyl (C=O) groups is 1. The van der Waals surface area contributed by atoms with Crippen LogP contribution in [0.5, 0.6) is 11.5 Å². The maximum absolute atomic E-state index is 12.3. The molecular weight excluding hydrogens is 322 g/mol. The second-order valence-corrected chi connectivity index (χ2v) is 6.84. The summed E-state index contributed by atoms with van der Waals surface area (Å²) < 4.78 is 10.5. The van der Waals surface area contributed by atoms with E-state index >= 15 is 0 Å². The van der Waals surface area contributed by atoms with Gasteiger partial charge in [-0.15, -0.1) is 11.8 Å². The Morgan fingerprint density at radius 2 is 1.83 bits per heavy atom. The standard InChI is InChI=1S/C19H23NO3S/c1-13-7-5-6-8-15(13)12-20-19(21)14(2)24-16-9-10-17(22-3)18(11-16)23-4/h5-11,14H,12H2,1-4H3,(H,20,21)/t14-/m1/s1. The maximum atomic E-state index is 12.3. The van der Waals surface area contributed by atoms with Crippen LogP contribution in [-0.4, -0.2) is 25.4 Å². The summed E-state index contributed by atoms with van der Waals surface area (Å²) in [7, 11) is 3.21. The molecule has 5 heteroatoms. The van der Waals surface area contributed by atoms with Gasteiger partial charge >= 0.3 is 0 Å². The van der Waals surface area contributed by atoms with E-state index in [1.807, 2.05) is 56.3 Å². The van der Waals surface area contributed by atoms with Gasteiger partial charge in [-0.25, -0.2) is 0 Å². The van der Waals surface area contributed by atoms with Crippen LogP contribution < -0.4 is 14.8 Å². The lowest BCUT2D eigenvalue weighted by atomic mass is 10.1. The lowest BCUT2D eigenvalue weighted by molar-refractivity contribution is -0.120. The lowest BCUT2D eigenvalue weighted by Gasteiger charge is -2.14. The molecule has 4 nitrogen and oxygen atoms in total. The molecule has 2 rings (SSSR count). The molecule has 0 aliphatic carbocycles. The molecule has 0 unspecified atom stereocenters. The van der Waals surface area contributed by atoms with Gasteiger partial charge in [-0.05, 0) is 43.2 Å². The molecule has 0 radical (unpaired) electrons. The molecule has 0 aliphatic rings. The number of nitrogens with one attached hydrogen (secondary N) is 1. The predicted molar refractivity (Wildman–Crippen MR) is 97.9 cm³/mol. The van der Waals surface area contributed by atoms with E-state index in [2.05, 4.69) is 5.32 Å². The Morgan fingerprint density at radius 1 is 1.12 bits per heavy atom. The van der Waals surface area contributed by atoms with Gasteiger partial charge in [0.1, 0.15) is 0 Å². The second kappa shape index (κ2) is 8.64. The molecule has 0 saturated carbocycles. The van der Waals surface area contributed by atoms with E-state index in [1.165, 1.54) is 17.3 Å². The third kappa shape index (κ3) is 4.68. The van der Waals surface area contributed by atoms with Crippen LogP contribution in [0, 0.1) is 6.92 Å². The summed E-state index contributed by atoms with van der Waals surface area (Å²) in [5, 5.41) is 2.79. The average Bonchev–Trinajstić information content (AvgIpc) is 2.60. The third-order valence-corrected chi connectivity index (χ3v) is 4.85. The van der Waals surface area contributed by atoms with Crippen LogP contribution in [-0.2, 0) is 11.3 Å². The van der Waals surface area contributed by atoms with Crippen LogP contribution in [0.4, 0.5) is 0 Å². The van der Waals surface area contributed by atoms with Crippen molar-refractivity contribution in [3.8, 4) is 11.5 Å². The van der Waals surface area contributed by atoms with Gasteiger partial charge in [0.25, 0.3) is 0 Å². The van der Waals surface area contributed by atoms with Crippen LogP contribution in [0.25, 0.3) is 0 Å². The molecule has 0 spiro atoms. The highest BCUT2D eigenvalue weighted by Crippen LogP contribution is 2.33. The molecule has 24 heavy (non-hydrogen) atoms. The summed E-state index contributed by atoms with van der Waals surface area (Å²) in [4.78, 5) is 13.3. The van der Waals surface area contributed by atoms with Crippen molar-refractivity contribution in [1.29, 1.82) is 0 Å². The Kier molecular flexibility index (Phi) is 6.55. The minimum Gasteiger partial charge on any atom is -0.493 e. The number of benzene rings is 2. The highest BCUT2D eigenvalue weighted by atomic mass is 32.2. The van der Waals surface area contributed by atoms with Gasteiger partial charge in [-0.3, -0.25) is 4.79 Å².